The maximum absolute atomic E-state index is 10.6. The molecular formula is C10H17N3O2. The van der Waals surface area contributed by atoms with Crippen LogP contribution in [0.25, 0.3) is 0 Å². The fourth-order valence-electron chi connectivity index (χ4n) is 1.61. The van der Waals surface area contributed by atoms with E-state index in [2.05, 4.69) is 12.0 Å². The van der Waals surface area contributed by atoms with Crippen molar-refractivity contribution in [3.05, 3.63) is 18.0 Å². The molecule has 0 aliphatic carbocycles. The molecular weight excluding hydrogens is 194 g/mol. The molecule has 1 heterocycles. The summed E-state index contributed by atoms with van der Waals surface area (Å²) in [5, 5.41) is 12.9. The van der Waals surface area contributed by atoms with Gasteiger partial charge in [-0.2, -0.15) is 5.10 Å². The zero-order chi connectivity index (χ0) is 11.3. The molecule has 0 aliphatic heterocycles. The van der Waals surface area contributed by atoms with Crippen LogP contribution < -0.4 is 5.73 Å². The van der Waals surface area contributed by atoms with Gasteiger partial charge in [0.25, 0.3) is 0 Å². The van der Waals surface area contributed by atoms with Gasteiger partial charge >= 0.3 is 5.97 Å². The normalized spacial score (nSPS) is 12.7. The highest BCUT2D eigenvalue weighted by atomic mass is 16.4. The second kappa shape index (κ2) is 5.50. The van der Waals surface area contributed by atoms with E-state index in [1.807, 2.05) is 10.7 Å². The van der Waals surface area contributed by atoms with Gasteiger partial charge < -0.3 is 10.8 Å². The molecule has 0 aliphatic rings. The third kappa shape index (κ3) is 3.06. The summed E-state index contributed by atoms with van der Waals surface area (Å²) in [5.74, 6) is -0.966. The van der Waals surface area contributed by atoms with Crippen LogP contribution in [-0.2, 0) is 11.3 Å². The minimum atomic E-state index is -0.824. The van der Waals surface area contributed by atoms with Gasteiger partial charge in [-0.1, -0.05) is 6.92 Å². The predicted octanol–water partition coefficient (Wildman–Crippen LogP) is 0.810. The summed E-state index contributed by atoms with van der Waals surface area (Å²) in [4.78, 5) is 10.6. The van der Waals surface area contributed by atoms with E-state index < -0.39 is 5.97 Å². The molecule has 84 valence electrons. The lowest BCUT2D eigenvalue weighted by atomic mass is 10.0. The Morgan fingerprint density at radius 2 is 2.47 bits per heavy atom. The molecule has 0 bridgehead atoms. The summed E-state index contributed by atoms with van der Waals surface area (Å²) in [6, 6.07) is 1.84. The quantitative estimate of drug-likeness (QED) is 0.729. The number of hydrogen-bond acceptors (Lipinski definition) is 3. The number of nitrogens with two attached hydrogens (primary N) is 1. The molecule has 1 unspecified atom stereocenters. The smallest absolute Gasteiger partial charge is 0.304 e. The topological polar surface area (TPSA) is 81.1 Å². The third-order valence-corrected chi connectivity index (χ3v) is 2.31. The zero-order valence-corrected chi connectivity index (χ0v) is 8.89. The number of carboxylic acid groups (broad SMARTS) is 1. The Kier molecular flexibility index (Phi) is 4.30. The minimum Gasteiger partial charge on any atom is -0.481 e. The van der Waals surface area contributed by atoms with Crippen molar-refractivity contribution in [1.29, 1.82) is 0 Å². The first-order valence-electron chi connectivity index (χ1n) is 5.12. The number of rotatable bonds is 6. The average molecular weight is 211 g/mol. The predicted molar refractivity (Wildman–Crippen MR) is 56.6 cm³/mol. The molecule has 5 nitrogen and oxygen atoms in total. The van der Waals surface area contributed by atoms with E-state index in [0.29, 0.717) is 6.54 Å². The van der Waals surface area contributed by atoms with Gasteiger partial charge in [-0.25, -0.2) is 0 Å². The van der Waals surface area contributed by atoms with Crippen LogP contribution in [-0.4, -0.2) is 27.4 Å². The SMILES string of the molecule is CCCn1nccc1C(CN)CC(=O)O. The van der Waals surface area contributed by atoms with Gasteiger partial charge in [0.15, 0.2) is 0 Å². The Morgan fingerprint density at radius 1 is 1.73 bits per heavy atom. The monoisotopic (exact) mass is 211 g/mol. The van der Waals surface area contributed by atoms with Crippen LogP contribution in [0.2, 0.25) is 0 Å². The van der Waals surface area contributed by atoms with Crippen molar-refractivity contribution in [2.45, 2.75) is 32.2 Å². The first-order chi connectivity index (χ1) is 7.19. The lowest BCUT2D eigenvalue weighted by Crippen LogP contribution is -2.20. The van der Waals surface area contributed by atoms with Crippen LogP contribution in [0.3, 0.4) is 0 Å². The largest absolute Gasteiger partial charge is 0.481 e. The number of nitrogens with zero attached hydrogens (tertiary/aromatic N) is 2. The summed E-state index contributed by atoms with van der Waals surface area (Å²) in [5.41, 5.74) is 6.49. The van der Waals surface area contributed by atoms with Crippen molar-refractivity contribution in [3.63, 3.8) is 0 Å². The summed E-state index contributed by atoms with van der Waals surface area (Å²) >= 11 is 0. The van der Waals surface area contributed by atoms with Crippen LogP contribution in [0.5, 0.6) is 0 Å². The van der Waals surface area contributed by atoms with Crippen molar-refractivity contribution in [2.24, 2.45) is 5.73 Å². The van der Waals surface area contributed by atoms with Crippen LogP contribution in [0.1, 0.15) is 31.4 Å². The van der Waals surface area contributed by atoms with E-state index in [1.54, 1.807) is 6.20 Å². The minimum absolute atomic E-state index is 0.0614. The summed E-state index contributed by atoms with van der Waals surface area (Å²) in [6.07, 6.45) is 2.72. The lowest BCUT2D eigenvalue weighted by Gasteiger charge is -2.14. The molecule has 1 aromatic rings. The number of carboxylic acids is 1. The molecule has 5 heteroatoms. The number of aromatic nitrogens is 2. The maximum Gasteiger partial charge on any atom is 0.304 e. The van der Waals surface area contributed by atoms with Crippen molar-refractivity contribution < 1.29 is 9.90 Å². The molecule has 0 amide bonds. The third-order valence-electron chi connectivity index (χ3n) is 2.31. The van der Waals surface area contributed by atoms with Gasteiger partial charge in [-0.15, -0.1) is 0 Å². The molecule has 0 aromatic carbocycles. The molecule has 0 radical (unpaired) electrons. The molecule has 1 rings (SSSR count). The number of hydrogen-bond donors (Lipinski definition) is 2. The molecule has 1 aromatic heterocycles. The molecule has 0 saturated heterocycles. The van der Waals surface area contributed by atoms with Crippen LogP contribution >= 0.6 is 0 Å². The maximum atomic E-state index is 10.6. The van der Waals surface area contributed by atoms with Gasteiger partial charge in [0.2, 0.25) is 0 Å². The molecule has 0 fully saturated rings. The van der Waals surface area contributed by atoms with E-state index >= 15 is 0 Å². The second-order valence-corrected chi connectivity index (χ2v) is 3.51. The Balaban J connectivity index is 2.80. The van der Waals surface area contributed by atoms with Gasteiger partial charge in [0.05, 0.1) is 6.42 Å². The van der Waals surface area contributed by atoms with Crippen LogP contribution in [0.15, 0.2) is 12.3 Å². The van der Waals surface area contributed by atoms with Crippen LogP contribution in [0, 0.1) is 0 Å². The van der Waals surface area contributed by atoms with Crippen molar-refractivity contribution in [2.75, 3.05) is 6.54 Å². The Hall–Kier alpha value is -1.36. The van der Waals surface area contributed by atoms with Gasteiger partial charge in [-0.3, -0.25) is 9.48 Å². The molecule has 15 heavy (non-hydrogen) atoms. The Bertz CT molecular complexity index is 322. The lowest BCUT2D eigenvalue weighted by molar-refractivity contribution is -0.137. The fourth-order valence-corrected chi connectivity index (χ4v) is 1.61. The van der Waals surface area contributed by atoms with Crippen LogP contribution in [0.4, 0.5) is 0 Å². The first-order valence-corrected chi connectivity index (χ1v) is 5.12. The molecule has 1 atom stereocenters. The van der Waals surface area contributed by atoms with Crippen molar-refractivity contribution >= 4 is 5.97 Å². The fraction of sp³-hybridized carbons (Fsp3) is 0.600. The van der Waals surface area contributed by atoms with Gasteiger partial charge in [0.1, 0.15) is 0 Å². The summed E-state index contributed by atoms with van der Waals surface area (Å²) in [6.45, 7) is 3.19. The van der Waals surface area contributed by atoms with Gasteiger partial charge in [-0.05, 0) is 12.5 Å². The number of carbonyl (C=O) groups is 1. The highest BCUT2D eigenvalue weighted by Gasteiger charge is 2.17. The second-order valence-electron chi connectivity index (χ2n) is 3.51. The standard InChI is InChI=1S/C10H17N3O2/c1-2-5-13-9(3-4-12-13)8(7-11)6-10(14)15/h3-4,8H,2,5-7,11H2,1H3,(H,14,15). The van der Waals surface area contributed by atoms with E-state index in [1.165, 1.54) is 0 Å². The number of aryl methyl sites for hydroxylation is 1. The van der Waals surface area contributed by atoms with Gasteiger partial charge in [0, 0.05) is 30.9 Å². The van der Waals surface area contributed by atoms with Crippen molar-refractivity contribution in [1.82, 2.24) is 9.78 Å². The zero-order valence-electron chi connectivity index (χ0n) is 8.89. The summed E-state index contributed by atoms with van der Waals surface area (Å²) in [7, 11) is 0. The van der Waals surface area contributed by atoms with E-state index in [0.717, 1.165) is 18.7 Å². The summed E-state index contributed by atoms with van der Waals surface area (Å²) < 4.78 is 1.83. The molecule has 0 saturated carbocycles. The molecule has 0 spiro atoms. The highest BCUT2D eigenvalue weighted by Crippen LogP contribution is 2.18. The molecule has 3 N–H and O–H groups in total. The number of aliphatic carboxylic acids is 1. The van der Waals surface area contributed by atoms with E-state index in [9.17, 15) is 4.79 Å². The Labute approximate surface area is 88.9 Å². The highest BCUT2D eigenvalue weighted by molar-refractivity contribution is 5.67. The average Bonchev–Trinajstić information content (AvgIpc) is 2.63. The first kappa shape index (κ1) is 11.7. The van der Waals surface area contributed by atoms with Crippen molar-refractivity contribution in [3.8, 4) is 0 Å². The Morgan fingerprint density at radius 3 is 3.00 bits per heavy atom. The van der Waals surface area contributed by atoms with E-state index in [-0.39, 0.29) is 12.3 Å². The van der Waals surface area contributed by atoms with E-state index in [4.69, 9.17) is 10.8 Å².